The van der Waals surface area contributed by atoms with Crippen molar-refractivity contribution in [2.24, 2.45) is 0 Å². The van der Waals surface area contributed by atoms with Crippen LogP contribution < -0.4 is 0 Å². The van der Waals surface area contributed by atoms with Crippen LogP contribution in [0.5, 0.6) is 0 Å². The Bertz CT molecular complexity index is 926. The Labute approximate surface area is 171 Å². The highest BCUT2D eigenvalue weighted by Gasteiger charge is 2.20. The van der Waals surface area contributed by atoms with Crippen LogP contribution in [0.4, 0.5) is 0 Å². The molecule has 0 aliphatic carbocycles. The van der Waals surface area contributed by atoms with Crippen molar-refractivity contribution in [3.63, 3.8) is 0 Å². The number of fused-ring (bicyclic) bond motifs is 1. The Kier molecular flexibility index (Phi) is 5.66. The normalized spacial score (nSPS) is 15.7. The van der Waals surface area contributed by atoms with Crippen molar-refractivity contribution in [2.45, 2.75) is 6.54 Å². The third-order valence-electron chi connectivity index (χ3n) is 4.67. The molecule has 4 nitrogen and oxygen atoms in total. The average molecular weight is 442 g/mol. The van der Waals surface area contributed by atoms with Crippen molar-refractivity contribution in [1.29, 1.82) is 0 Å². The maximum absolute atomic E-state index is 12.4. The van der Waals surface area contributed by atoms with Gasteiger partial charge >= 0.3 is 0 Å². The fraction of sp³-hybridized carbons (Fsp3) is 0.238. The molecule has 0 radical (unpaired) electrons. The number of carbonyl (C=O) groups is 1. The summed E-state index contributed by atoms with van der Waals surface area (Å²) in [5.74, 6) is 0.0811. The largest absolute Gasteiger partial charge is 0.337 e. The molecule has 2 aromatic carbocycles. The van der Waals surface area contributed by atoms with Gasteiger partial charge in [0.1, 0.15) is 5.01 Å². The molecule has 1 aliphatic rings. The van der Waals surface area contributed by atoms with Gasteiger partial charge in [0.05, 0.1) is 16.8 Å². The van der Waals surface area contributed by atoms with Gasteiger partial charge in [-0.3, -0.25) is 9.69 Å². The second kappa shape index (κ2) is 8.33. The van der Waals surface area contributed by atoms with Gasteiger partial charge in [-0.1, -0.05) is 40.2 Å². The van der Waals surface area contributed by atoms with Gasteiger partial charge in [-0.15, -0.1) is 11.3 Å². The summed E-state index contributed by atoms with van der Waals surface area (Å²) < 4.78 is 2.27. The van der Waals surface area contributed by atoms with Crippen LogP contribution >= 0.6 is 27.3 Å². The summed E-state index contributed by atoms with van der Waals surface area (Å²) in [6.45, 7) is 4.14. The monoisotopic (exact) mass is 441 g/mol. The molecular formula is C21H20BrN3OS. The molecule has 3 aromatic rings. The summed E-state index contributed by atoms with van der Waals surface area (Å²) in [5.41, 5.74) is 2.10. The van der Waals surface area contributed by atoms with Gasteiger partial charge in [-0.25, -0.2) is 4.98 Å². The number of nitrogens with zero attached hydrogens (tertiary/aromatic N) is 3. The second-order valence-electron chi connectivity index (χ2n) is 6.56. The molecule has 1 aliphatic heterocycles. The number of amides is 1. The first kappa shape index (κ1) is 18.3. The second-order valence-corrected chi connectivity index (χ2v) is 8.59. The molecule has 0 atom stereocenters. The quantitative estimate of drug-likeness (QED) is 0.562. The number of benzene rings is 2. The fourth-order valence-corrected chi connectivity index (χ4v) is 4.43. The molecule has 1 aromatic heterocycles. The zero-order valence-electron chi connectivity index (χ0n) is 14.8. The van der Waals surface area contributed by atoms with E-state index in [0.717, 1.165) is 53.3 Å². The predicted molar refractivity (Wildman–Crippen MR) is 115 cm³/mol. The number of para-hydroxylation sites is 1. The lowest BCUT2D eigenvalue weighted by molar-refractivity contribution is -0.127. The van der Waals surface area contributed by atoms with Gasteiger partial charge in [0.2, 0.25) is 5.91 Å². The van der Waals surface area contributed by atoms with Gasteiger partial charge in [0.15, 0.2) is 0 Å². The predicted octanol–water partition coefficient (Wildman–Crippen LogP) is 4.42. The van der Waals surface area contributed by atoms with E-state index in [9.17, 15) is 4.79 Å². The van der Waals surface area contributed by atoms with Gasteiger partial charge in [0, 0.05) is 36.7 Å². The van der Waals surface area contributed by atoms with Crippen LogP contribution in [0.1, 0.15) is 10.6 Å². The number of rotatable bonds is 4. The zero-order valence-corrected chi connectivity index (χ0v) is 17.2. The topological polar surface area (TPSA) is 36.4 Å². The molecule has 0 saturated carbocycles. The molecule has 4 rings (SSSR count). The summed E-state index contributed by atoms with van der Waals surface area (Å²) >= 11 is 5.18. The highest BCUT2D eigenvalue weighted by molar-refractivity contribution is 9.10. The lowest BCUT2D eigenvalue weighted by atomic mass is 10.2. The number of piperazine rings is 1. The minimum absolute atomic E-state index is 0.0811. The van der Waals surface area contributed by atoms with Crippen molar-refractivity contribution in [2.75, 3.05) is 26.2 Å². The molecule has 138 valence electrons. The number of hydrogen-bond acceptors (Lipinski definition) is 4. The third kappa shape index (κ3) is 4.64. The molecule has 1 amide bonds. The van der Waals surface area contributed by atoms with Crippen LogP contribution in [-0.4, -0.2) is 46.9 Å². The maximum atomic E-state index is 12.4. The Morgan fingerprint density at radius 3 is 2.56 bits per heavy atom. The molecule has 27 heavy (non-hydrogen) atoms. The van der Waals surface area contributed by atoms with Crippen LogP contribution in [0, 0.1) is 0 Å². The zero-order chi connectivity index (χ0) is 18.6. The van der Waals surface area contributed by atoms with E-state index in [1.165, 1.54) is 4.70 Å². The van der Waals surface area contributed by atoms with Gasteiger partial charge in [-0.05, 0) is 35.9 Å². The van der Waals surface area contributed by atoms with E-state index < -0.39 is 0 Å². The number of aromatic nitrogens is 1. The number of carbonyl (C=O) groups excluding carboxylic acids is 1. The van der Waals surface area contributed by atoms with Crippen molar-refractivity contribution in [1.82, 2.24) is 14.8 Å². The highest BCUT2D eigenvalue weighted by atomic mass is 79.9. The first-order valence-corrected chi connectivity index (χ1v) is 10.6. The Morgan fingerprint density at radius 1 is 1.07 bits per heavy atom. The van der Waals surface area contributed by atoms with Crippen LogP contribution in [-0.2, 0) is 11.3 Å². The summed E-state index contributed by atoms with van der Waals surface area (Å²) in [4.78, 5) is 21.4. The Balaban J connectivity index is 1.30. The van der Waals surface area contributed by atoms with Gasteiger partial charge in [-0.2, -0.15) is 0 Å². The molecule has 0 N–H and O–H groups in total. The molecule has 1 fully saturated rings. The van der Waals surface area contributed by atoms with Crippen molar-refractivity contribution in [3.8, 4) is 0 Å². The summed E-state index contributed by atoms with van der Waals surface area (Å²) in [7, 11) is 0. The molecule has 6 heteroatoms. The van der Waals surface area contributed by atoms with E-state index in [0.29, 0.717) is 0 Å². The van der Waals surface area contributed by atoms with Crippen LogP contribution in [0.3, 0.4) is 0 Å². The minimum Gasteiger partial charge on any atom is -0.337 e. The lowest BCUT2D eigenvalue weighted by Gasteiger charge is -2.33. The fourth-order valence-electron chi connectivity index (χ4n) is 3.15. The van der Waals surface area contributed by atoms with Crippen LogP contribution in [0.15, 0.2) is 59.1 Å². The van der Waals surface area contributed by atoms with Crippen LogP contribution in [0.25, 0.3) is 16.3 Å². The van der Waals surface area contributed by atoms with E-state index in [2.05, 4.69) is 39.0 Å². The summed E-state index contributed by atoms with van der Waals surface area (Å²) in [6, 6.07) is 16.2. The van der Waals surface area contributed by atoms with E-state index in [1.807, 2.05) is 41.3 Å². The number of halogens is 1. The first-order chi connectivity index (χ1) is 13.2. The standard InChI is InChI=1S/C21H20BrN3OS/c22-17-8-5-16(6-9-17)7-10-21(26)25-13-11-24(12-14-25)15-20-23-18-3-1-2-4-19(18)27-20/h1-10H,11-15H2. The molecule has 2 heterocycles. The Hall–Kier alpha value is -2.02. The van der Waals surface area contributed by atoms with E-state index in [4.69, 9.17) is 4.98 Å². The van der Waals surface area contributed by atoms with E-state index in [-0.39, 0.29) is 5.91 Å². The molecule has 0 spiro atoms. The molecule has 0 bridgehead atoms. The van der Waals surface area contributed by atoms with Crippen molar-refractivity contribution >= 4 is 49.5 Å². The van der Waals surface area contributed by atoms with E-state index in [1.54, 1.807) is 17.4 Å². The first-order valence-electron chi connectivity index (χ1n) is 8.97. The number of thiazole rings is 1. The number of hydrogen-bond donors (Lipinski definition) is 0. The lowest BCUT2D eigenvalue weighted by Crippen LogP contribution is -2.47. The van der Waals surface area contributed by atoms with Crippen molar-refractivity contribution in [3.05, 3.63) is 69.7 Å². The van der Waals surface area contributed by atoms with Gasteiger partial charge < -0.3 is 4.90 Å². The van der Waals surface area contributed by atoms with Crippen LogP contribution in [0.2, 0.25) is 0 Å². The highest BCUT2D eigenvalue weighted by Crippen LogP contribution is 2.23. The molecule has 0 unspecified atom stereocenters. The SMILES string of the molecule is O=C(C=Cc1ccc(Br)cc1)N1CCN(Cc2nc3ccccc3s2)CC1. The summed E-state index contributed by atoms with van der Waals surface area (Å²) in [5, 5.41) is 1.14. The average Bonchev–Trinajstić information content (AvgIpc) is 3.10. The third-order valence-corrected chi connectivity index (χ3v) is 6.22. The Morgan fingerprint density at radius 2 is 1.81 bits per heavy atom. The summed E-state index contributed by atoms with van der Waals surface area (Å²) in [6.07, 6.45) is 3.55. The smallest absolute Gasteiger partial charge is 0.246 e. The minimum atomic E-state index is 0.0811. The maximum Gasteiger partial charge on any atom is 0.246 e. The molecular weight excluding hydrogens is 422 g/mol. The van der Waals surface area contributed by atoms with Gasteiger partial charge in [0.25, 0.3) is 0 Å². The van der Waals surface area contributed by atoms with Crippen molar-refractivity contribution < 1.29 is 4.79 Å². The van der Waals surface area contributed by atoms with E-state index >= 15 is 0 Å². The molecule has 1 saturated heterocycles.